The summed E-state index contributed by atoms with van der Waals surface area (Å²) in [5.41, 5.74) is 7.96. The summed E-state index contributed by atoms with van der Waals surface area (Å²) in [7, 11) is 1.96. The van der Waals surface area contributed by atoms with Crippen LogP contribution in [0.5, 0.6) is 0 Å². The van der Waals surface area contributed by atoms with Gasteiger partial charge in [-0.1, -0.05) is 27.7 Å². The van der Waals surface area contributed by atoms with Crippen LogP contribution in [0, 0.1) is 5.92 Å². The van der Waals surface area contributed by atoms with Crippen LogP contribution in [-0.4, -0.2) is 15.5 Å². The summed E-state index contributed by atoms with van der Waals surface area (Å²) < 4.78 is 1.90. The smallest absolute Gasteiger partial charge is 0.117 e. The standard InChI is InChI=1S/C11H21N3S/c1-7(2)6-15-11-9(12)10(8(3)4)13-14(11)5/h7-8H,6,12H2,1-5H3. The van der Waals surface area contributed by atoms with Gasteiger partial charge in [0.15, 0.2) is 0 Å². The molecule has 0 radical (unpaired) electrons. The summed E-state index contributed by atoms with van der Waals surface area (Å²) >= 11 is 1.80. The normalized spacial score (nSPS) is 11.7. The number of nitrogen functional groups attached to an aromatic ring is 1. The highest BCUT2D eigenvalue weighted by atomic mass is 32.2. The molecule has 86 valence electrons. The van der Waals surface area contributed by atoms with Crippen LogP contribution in [0.25, 0.3) is 0 Å². The molecular formula is C11H21N3S. The lowest BCUT2D eigenvalue weighted by Crippen LogP contribution is -1.97. The maximum absolute atomic E-state index is 6.09. The first-order valence-corrected chi connectivity index (χ1v) is 6.37. The van der Waals surface area contributed by atoms with Crippen molar-refractivity contribution in [3.63, 3.8) is 0 Å². The molecule has 1 heterocycles. The number of thioether (sulfide) groups is 1. The van der Waals surface area contributed by atoms with Gasteiger partial charge < -0.3 is 5.73 Å². The molecule has 0 spiro atoms. The third-order valence-corrected chi connectivity index (χ3v) is 3.75. The number of nitrogens with two attached hydrogens (primary N) is 1. The van der Waals surface area contributed by atoms with Crippen molar-refractivity contribution in [2.45, 2.75) is 38.6 Å². The highest BCUT2D eigenvalue weighted by Gasteiger charge is 2.16. The molecule has 4 heteroatoms. The van der Waals surface area contributed by atoms with E-state index in [4.69, 9.17) is 5.73 Å². The van der Waals surface area contributed by atoms with Crippen molar-refractivity contribution in [1.29, 1.82) is 0 Å². The minimum absolute atomic E-state index is 0.393. The topological polar surface area (TPSA) is 43.8 Å². The lowest BCUT2D eigenvalue weighted by molar-refractivity contribution is 0.668. The van der Waals surface area contributed by atoms with Gasteiger partial charge in [-0.05, 0) is 11.8 Å². The molecule has 1 aromatic heterocycles. The first kappa shape index (κ1) is 12.4. The Bertz CT molecular complexity index is 329. The lowest BCUT2D eigenvalue weighted by atomic mass is 10.1. The van der Waals surface area contributed by atoms with Crippen LogP contribution in [0.4, 0.5) is 5.69 Å². The molecule has 0 unspecified atom stereocenters. The third kappa shape index (κ3) is 2.91. The molecule has 0 amide bonds. The Hall–Kier alpha value is -0.640. The molecule has 1 aromatic rings. The Kier molecular flexibility index (Phi) is 4.08. The van der Waals surface area contributed by atoms with Crippen molar-refractivity contribution in [2.75, 3.05) is 11.5 Å². The quantitative estimate of drug-likeness (QED) is 0.804. The van der Waals surface area contributed by atoms with E-state index in [0.29, 0.717) is 11.8 Å². The highest BCUT2D eigenvalue weighted by molar-refractivity contribution is 7.99. The second-order valence-electron chi connectivity index (χ2n) is 4.59. The van der Waals surface area contributed by atoms with E-state index in [9.17, 15) is 0 Å². The molecular weight excluding hydrogens is 206 g/mol. The number of nitrogens with zero attached hydrogens (tertiary/aromatic N) is 2. The highest BCUT2D eigenvalue weighted by Crippen LogP contribution is 2.31. The summed E-state index contributed by atoms with van der Waals surface area (Å²) in [6, 6.07) is 0. The van der Waals surface area contributed by atoms with Crippen molar-refractivity contribution in [3.8, 4) is 0 Å². The van der Waals surface area contributed by atoms with Gasteiger partial charge in [-0.25, -0.2) is 0 Å². The van der Waals surface area contributed by atoms with E-state index in [2.05, 4.69) is 32.8 Å². The molecule has 3 nitrogen and oxygen atoms in total. The van der Waals surface area contributed by atoms with Crippen molar-refractivity contribution >= 4 is 17.4 Å². The fourth-order valence-corrected chi connectivity index (χ4v) is 2.37. The summed E-state index contributed by atoms with van der Waals surface area (Å²) in [4.78, 5) is 0. The molecule has 0 atom stereocenters. The van der Waals surface area contributed by atoms with Crippen molar-refractivity contribution in [3.05, 3.63) is 5.69 Å². The van der Waals surface area contributed by atoms with E-state index in [1.54, 1.807) is 11.8 Å². The van der Waals surface area contributed by atoms with E-state index in [1.165, 1.54) is 0 Å². The number of rotatable bonds is 4. The minimum atomic E-state index is 0.393. The predicted molar refractivity (Wildman–Crippen MR) is 67.3 cm³/mol. The Labute approximate surface area is 96.4 Å². The summed E-state index contributed by atoms with van der Waals surface area (Å²) in [6.45, 7) is 8.66. The maximum Gasteiger partial charge on any atom is 0.117 e. The fourth-order valence-electron chi connectivity index (χ4n) is 1.39. The molecule has 2 N–H and O–H groups in total. The van der Waals surface area contributed by atoms with Gasteiger partial charge in [0.2, 0.25) is 0 Å². The zero-order chi connectivity index (χ0) is 11.6. The number of anilines is 1. The maximum atomic E-state index is 6.09. The molecule has 0 saturated heterocycles. The van der Waals surface area contributed by atoms with Crippen molar-refractivity contribution < 1.29 is 0 Å². The van der Waals surface area contributed by atoms with E-state index in [-0.39, 0.29) is 0 Å². The van der Waals surface area contributed by atoms with Crippen LogP contribution in [0.1, 0.15) is 39.3 Å². The molecule has 0 saturated carbocycles. The number of aryl methyl sites for hydroxylation is 1. The monoisotopic (exact) mass is 227 g/mol. The minimum Gasteiger partial charge on any atom is -0.395 e. The first-order chi connectivity index (χ1) is 6.93. The van der Waals surface area contributed by atoms with Gasteiger partial charge in [0.1, 0.15) is 5.03 Å². The average Bonchev–Trinajstić information content (AvgIpc) is 2.39. The van der Waals surface area contributed by atoms with E-state index >= 15 is 0 Å². The largest absolute Gasteiger partial charge is 0.395 e. The van der Waals surface area contributed by atoms with Gasteiger partial charge in [0.05, 0.1) is 11.4 Å². The van der Waals surface area contributed by atoms with Crippen LogP contribution >= 0.6 is 11.8 Å². The van der Waals surface area contributed by atoms with Gasteiger partial charge >= 0.3 is 0 Å². The average molecular weight is 227 g/mol. The molecule has 0 aliphatic carbocycles. The van der Waals surface area contributed by atoms with Crippen molar-refractivity contribution in [2.24, 2.45) is 13.0 Å². The Morgan fingerprint density at radius 1 is 1.33 bits per heavy atom. The Balaban J connectivity index is 2.88. The zero-order valence-corrected chi connectivity index (χ0v) is 11.1. The van der Waals surface area contributed by atoms with Gasteiger partial charge in [0.25, 0.3) is 0 Å². The molecule has 0 aliphatic heterocycles. The molecule has 0 aromatic carbocycles. The van der Waals surface area contributed by atoms with Gasteiger partial charge in [0, 0.05) is 12.8 Å². The number of hydrogen-bond acceptors (Lipinski definition) is 3. The van der Waals surface area contributed by atoms with Crippen molar-refractivity contribution in [1.82, 2.24) is 9.78 Å². The van der Waals surface area contributed by atoms with Crippen LogP contribution in [0.3, 0.4) is 0 Å². The molecule has 0 bridgehead atoms. The summed E-state index contributed by atoms with van der Waals surface area (Å²) in [6.07, 6.45) is 0. The predicted octanol–water partition coefficient (Wildman–Crippen LogP) is 2.87. The lowest BCUT2D eigenvalue weighted by Gasteiger charge is -2.05. The molecule has 0 aliphatic rings. The van der Waals surface area contributed by atoms with E-state index in [0.717, 1.165) is 22.2 Å². The molecule has 15 heavy (non-hydrogen) atoms. The van der Waals surface area contributed by atoms with Gasteiger partial charge in [-0.15, -0.1) is 11.8 Å². The van der Waals surface area contributed by atoms with Crippen LogP contribution in [0.15, 0.2) is 5.03 Å². The first-order valence-electron chi connectivity index (χ1n) is 5.38. The van der Waals surface area contributed by atoms with E-state index < -0.39 is 0 Å². The van der Waals surface area contributed by atoms with E-state index in [1.807, 2.05) is 11.7 Å². The summed E-state index contributed by atoms with van der Waals surface area (Å²) in [5, 5.41) is 5.56. The third-order valence-electron chi connectivity index (χ3n) is 2.16. The van der Waals surface area contributed by atoms with Gasteiger partial charge in [-0.3, -0.25) is 4.68 Å². The number of aromatic nitrogens is 2. The second kappa shape index (κ2) is 4.92. The molecule has 1 rings (SSSR count). The Morgan fingerprint density at radius 2 is 1.93 bits per heavy atom. The van der Waals surface area contributed by atoms with Crippen LogP contribution in [-0.2, 0) is 7.05 Å². The SMILES string of the molecule is CC(C)CSc1c(N)c(C(C)C)nn1C. The van der Waals surface area contributed by atoms with Gasteiger partial charge in [-0.2, -0.15) is 5.10 Å². The van der Waals surface area contributed by atoms with Crippen LogP contribution < -0.4 is 5.73 Å². The summed E-state index contributed by atoms with van der Waals surface area (Å²) in [5.74, 6) is 2.15. The number of hydrogen-bond donors (Lipinski definition) is 1. The second-order valence-corrected chi connectivity index (χ2v) is 5.60. The fraction of sp³-hybridized carbons (Fsp3) is 0.727. The Morgan fingerprint density at radius 3 is 2.33 bits per heavy atom. The molecule has 0 fully saturated rings. The van der Waals surface area contributed by atoms with Crippen LogP contribution in [0.2, 0.25) is 0 Å². The zero-order valence-electron chi connectivity index (χ0n) is 10.2.